The molecule has 0 aliphatic heterocycles. The van der Waals surface area contributed by atoms with Crippen molar-refractivity contribution in [3.05, 3.63) is 75.5 Å². The summed E-state index contributed by atoms with van der Waals surface area (Å²) >= 11 is 6.77. The number of ether oxygens (including phenoxy) is 2. The number of carbonyl (C=O) groups excluding carboxylic acids is 3. The molecule has 0 bridgehead atoms. The van der Waals surface area contributed by atoms with Crippen LogP contribution >= 0.6 is 22.9 Å². The van der Waals surface area contributed by atoms with Gasteiger partial charge in [0.15, 0.2) is 11.7 Å². The van der Waals surface area contributed by atoms with Crippen molar-refractivity contribution < 1.29 is 23.9 Å². The number of halogens is 1. The molecule has 0 atom stereocenters. The van der Waals surface area contributed by atoms with Gasteiger partial charge in [-0.2, -0.15) is 0 Å². The Kier molecular flexibility index (Phi) is 7.91. The van der Waals surface area contributed by atoms with Crippen molar-refractivity contribution in [2.75, 3.05) is 18.1 Å². The lowest BCUT2D eigenvalue weighted by atomic mass is 10.2. The first kappa shape index (κ1) is 23.4. The van der Waals surface area contributed by atoms with E-state index in [0.717, 1.165) is 16.9 Å². The van der Waals surface area contributed by atoms with E-state index in [2.05, 4.69) is 9.97 Å². The zero-order chi connectivity index (χ0) is 23.1. The van der Waals surface area contributed by atoms with Gasteiger partial charge >= 0.3 is 11.9 Å². The highest BCUT2D eigenvalue weighted by atomic mass is 35.5. The second-order valence-corrected chi connectivity index (χ2v) is 7.91. The standard InChI is InChI=1S/C22H20ClN3O5S/c1-3-30-21(29)19-14(2)25-22(32-19)26(12-15-7-5-4-6-8-15)18(27)13-31-20(28)16-9-10-17(23)24-11-16/h4-11H,3,12-13H2,1-2H3. The van der Waals surface area contributed by atoms with Crippen molar-refractivity contribution in [1.82, 2.24) is 9.97 Å². The van der Waals surface area contributed by atoms with Gasteiger partial charge in [-0.3, -0.25) is 9.69 Å². The van der Waals surface area contributed by atoms with Crippen molar-refractivity contribution in [3.8, 4) is 0 Å². The van der Waals surface area contributed by atoms with Gasteiger partial charge in [0.05, 0.1) is 24.4 Å². The third kappa shape index (κ3) is 5.89. The third-order valence-corrected chi connectivity index (χ3v) is 5.64. The minimum atomic E-state index is -0.704. The Morgan fingerprint density at radius 2 is 1.81 bits per heavy atom. The molecule has 0 spiro atoms. The predicted molar refractivity (Wildman–Crippen MR) is 120 cm³/mol. The molecule has 2 aromatic heterocycles. The highest BCUT2D eigenvalue weighted by molar-refractivity contribution is 7.17. The SMILES string of the molecule is CCOC(=O)c1sc(N(Cc2ccccc2)C(=O)COC(=O)c2ccc(Cl)nc2)nc1C. The average molecular weight is 474 g/mol. The van der Waals surface area contributed by atoms with E-state index in [0.29, 0.717) is 15.7 Å². The number of esters is 2. The number of pyridine rings is 1. The number of hydrogen-bond acceptors (Lipinski definition) is 8. The first-order chi connectivity index (χ1) is 15.4. The molecular formula is C22H20ClN3O5S. The van der Waals surface area contributed by atoms with E-state index in [1.54, 1.807) is 13.8 Å². The van der Waals surface area contributed by atoms with Crippen LogP contribution in [0.1, 0.15) is 38.2 Å². The summed E-state index contributed by atoms with van der Waals surface area (Å²) in [7, 11) is 0. The highest BCUT2D eigenvalue weighted by Gasteiger charge is 2.25. The van der Waals surface area contributed by atoms with Gasteiger partial charge in [-0.15, -0.1) is 0 Å². The number of aryl methyl sites for hydroxylation is 1. The number of anilines is 1. The number of amides is 1. The molecule has 166 valence electrons. The largest absolute Gasteiger partial charge is 0.462 e. The summed E-state index contributed by atoms with van der Waals surface area (Å²) in [6, 6.07) is 12.2. The van der Waals surface area contributed by atoms with E-state index in [1.165, 1.54) is 23.2 Å². The molecule has 3 aromatic rings. The quantitative estimate of drug-likeness (QED) is 0.359. The maximum absolute atomic E-state index is 13.0. The zero-order valence-electron chi connectivity index (χ0n) is 17.4. The van der Waals surface area contributed by atoms with E-state index >= 15 is 0 Å². The van der Waals surface area contributed by atoms with Gasteiger partial charge in [-0.1, -0.05) is 53.3 Å². The molecule has 0 aliphatic rings. The molecule has 3 rings (SSSR count). The van der Waals surface area contributed by atoms with E-state index < -0.39 is 24.5 Å². The van der Waals surface area contributed by atoms with Gasteiger partial charge in [0, 0.05) is 6.20 Å². The van der Waals surface area contributed by atoms with Crippen LogP contribution in [-0.2, 0) is 20.8 Å². The van der Waals surface area contributed by atoms with Crippen molar-refractivity contribution in [2.45, 2.75) is 20.4 Å². The molecule has 0 saturated carbocycles. The number of benzene rings is 1. The first-order valence-corrected chi connectivity index (χ1v) is 10.9. The fourth-order valence-electron chi connectivity index (χ4n) is 2.70. The van der Waals surface area contributed by atoms with Crippen molar-refractivity contribution in [1.29, 1.82) is 0 Å². The average Bonchev–Trinajstić information content (AvgIpc) is 3.18. The Bertz CT molecular complexity index is 1100. The molecule has 0 aliphatic carbocycles. The Morgan fingerprint density at radius 1 is 1.06 bits per heavy atom. The zero-order valence-corrected chi connectivity index (χ0v) is 19.0. The summed E-state index contributed by atoms with van der Waals surface area (Å²) in [4.78, 5) is 47.4. The maximum atomic E-state index is 13.0. The minimum absolute atomic E-state index is 0.173. The smallest absolute Gasteiger partial charge is 0.350 e. The molecule has 0 radical (unpaired) electrons. The van der Waals surface area contributed by atoms with Crippen LogP contribution in [-0.4, -0.2) is 41.0 Å². The lowest BCUT2D eigenvalue weighted by Crippen LogP contribution is -2.34. The molecule has 0 saturated heterocycles. The fourth-order valence-corrected chi connectivity index (χ4v) is 3.79. The topological polar surface area (TPSA) is 98.7 Å². The summed E-state index contributed by atoms with van der Waals surface area (Å²) in [6.07, 6.45) is 1.27. The first-order valence-electron chi connectivity index (χ1n) is 9.66. The lowest BCUT2D eigenvalue weighted by Gasteiger charge is -2.20. The Balaban J connectivity index is 1.80. The molecule has 32 heavy (non-hydrogen) atoms. The second kappa shape index (κ2) is 10.8. The molecule has 0 N–H and O–H groups in total. The molecule has 8 nitrogen and oxygen atoms in total. The monoisotopic (exact) mass is 473 g/mol. The molecule has 2 heterocycles. The number of thiazole rings is 1. The second-order valence-electron chi connectivity index (χ2n) is 6.54. The van der Waals surface area contributed by atoms with Crippen LogP contribution in [0.15, 0.2) is 48.7 Å². The summed E-state index contributed by atoms with van der Waals surface area (Å²) in [6.45, 7) is 3.29. The van der Waals surface area contributed by atoms with Crippen molar-refractivity contribution >= 4 is 45.9 Å². The molecule has 0 unspecified atom stereocenters. The molecule has 1 amide bonds. The summed E-state index contributed by atoms with van der Waals surface area (Å²) in [5.41, 5.74) is 1.48. The third-order valence-electron chi connectivity index (χ3n) is 4.25. The van der Waals surface area contributed by atoms with E-state index in [9.17, 15) is 14.4 Å². The predicted octanol–water partition coefficient (Wildman–Crippen LogP) is 4.07. The van der Waals surface area contributed by atoms with E-state index in [-0.39, 0.29) is 23.9 Å². The Hall–Kier alpha value is -3.30. The highest BCUT2D eigenvalue weighted by Crippen LogP contribution is 2.28. The van der Waals surface area contributed by atoms with Crippen molar-refractivity contribution in [2.24, 2.45) is 0 Å². The number of aromatic nitrogens is 2. The summed E-state index contributed by atoms with van der Waals surface area (Å²) in [5.74, 6) is -1.69. The van der Waals surface area contributed by atoms with Gasteiger partial charge in [-0.05, 0) is 31.5 Å². The molecule has 1 aromatic carbocycles. The normalized spacial score (nSPS) is 10.5. The van der Waals surface area contributed by atoms with Gasteiger partial charge in [0.1, 0.15) is 10.0 Å². The van der Waals surface area contributed by atoms with Crippen molar-refractivity contribution in [3.63, 3.8) is 0 Å². The number of hydrogen-bond donors (Lipinski definition) is 0. The van der Waals surface area contributed by atoms with Gasteiger partial charge < -0.3 is 9.47 Å². The van der Waals surface area contributed by atoms with Gasteiger partial charge in [-0.25, -0.2) is 19.6 Å². The van der Waals surface area contributed by atoms with Gasteiger partial charge in [0.25, 0.3) is 5.91 Å². The summed E-state index contributed by atoms with van der Waals surface area (Å²) < 4.78 is 10.2. The number of nitrogens with zero attached hydrogens (tertiary/aromatic N) is 3. The van der Waals surface area contributed by atoms with Crippen LogP contribution in [0.3, 0.4) is 0 Å². The lowest BCUT2D eigenvalue weighted by molar-refractivity contribution is -0.121. The van der Waals surface area contributed by atoms with Gasteiger partial charge in [0.2, 0.25) is 0 Å². The van der Waals surface area contributed by atoms with E-state index in [1.807, 2.05) is 30.3 Å². The maximum Gasteiger partial charge on any atom is 0.350 e. The van der Waals surface area contributed by atoms with Crippen LogP contribution in [0, 0.1) is 6.92 Å². The van der Waals surface area contributed by atoms with Crippen LogP contribution in [0.5, 0.6) is 0 Å². The van der Waals surface area contributed by atoms with Crippen LogP contribution in [0.25, 0.3) is 0 Å². The Labute approximate surface area is 193 Å². The molecule has 10 heteroatoms. The molecule has 0 fully saturated rings. The number of rotatable bonds is 8. The van der Waals surface area contributed by atoms with E-state index in [4.69, 9.17) is 21.1 Å². The minimum Gasteiger partial charge on any atom is -0.462 e. The number of carbonyl (C=O) groups is 3. The summed E-state index contributed by atoms with van der Waals surface area (Å²) in [5, 5.41) is 0.548. The van der Waals surface area contributed by atoms with Crippen LogP contribution in [0.4, 0.5) is 5.13 Å². The van der Waals surface area contributed by atoms with Crippen LogP contribution in [0.2, 0.25) is 5.15 Å². The molecular weight excluding hydrogens is 454 g/mol. The fraction of sp³-hybridized carbons (Fsp3) is 0.227. The van der Waals surface area contributed by atoms with Crippen LogP contribution < -0.4 is 4.90 Å². The Morgan fingerprint density at radius 3 is 2.47 bits per heavy atom.